The average molecular weight is 428 g/mol. The third-order valence-electron chi connectivity index (χ3n) is 5.10. The van der Waals surface area contributed by atoms with Gasteiger partial charge in [0.15, 0.2) is 10.8 Å². The first kappa shape index (κ1) is 18.3. The molecule has 2 atom stereocenters. The van der Waals surface area contributed by atoms with Crippen LogP contribution in [0.15, 0.2) is 30.5 Å². The van der Waals surface area contributed by atoms with Crippen LogP contribution < -0.4 is 0 Å². The molecular formula is C18H11ClF5N5. The van der Waals surface area contributed by atoms with Crippen molar-refractivity contribution in [3.05, 3.63) is 58.6 Å². The predicted octanol–water partition coefficient (Wildman–Crippen LogP) is 4.84. The molecule has 1 aliphatic rings. The van der Waals surface area contributed by atoms with Crippen LogP contribution in [-0.2, 0) is 6.54 Å². The number of aromatic nitrogens is 5. The molecule has 150 valence electrons. The third-order valence-corrected chi connectivity index (χ3v) is 5.29. The van der Waals surface area contributed by atoms with Gasteiger partial charge in [0.2, 0.25) is 11.9 Å². The Bertz CT molecular complexity index is 1260. The molecule has 3 aromatic heterocycles. The maximum Gasteiger partial charge on any atom is 0.408 e. The summed E-state index contributed by atoms with van der Waals surface area (Å²) in [5.74, 6) is -1.69. The first-order valence-corrected chi connectivity index (χ1v) is 9.01. The summed E-state index contributed by atoms with van der Waals surface area (Å²) >= 11 is 6.00. The van der Waals surface area contributed by atoms with Crippen molar-refractivity contribution >= 4 is 28.2 Å². The highest BCUT2D eigenvalue weighted by atomic mass is 35.5. The number of alkyl halides is 3. The van der Waals surface area contributed by atoms with Crippen LogP contribution in [-0.4, -0.2) is 30.6 Å². The quantitative estimate of drug-likeness (QED) is 0.439. The molecule has 1 aliphatic carbocycles. The molecule has 0 N–H and O–H groups in total. The van der Waals surface area contributed by atoms with Crippen molar-refractivity contribution in [1.29, 1.82) is 0 Å². The smallest absolute Gasteiger partial charge is 0.253 e. The van der Waals surface area contributed by atoms with Gasteiger partial charge in [-0.2, -0.15) is 31.6 Å². The standard InChI is InChI=1S/C18H11ClF5N5/c19-14-5-12(17-25-6-15(20)29(17)26-14)11-4-10(11)8-1-2-9-13(3-8)28(27-16(9)21)7-18(22,23)24/h1-3,5-6,10-11H,4,7H2. The molecule has 5 rings (SSSR count). The van der Waals surface area contributed by atoms with Gasteiger partial charge in [-0.3, -0.25) is 4.68 Å². The van der Waals surface area contributed by atoms with Crippen LogP contribution in [0.2, 0.25) is 5.15 Å². The summed E-state index contributed by atoms with van der Waals surface area (Å²) < 4.78 is 67.7. The molecule has 4 aromatic rings. The lowest BCUT2D eigenvalue weighted by Gasteiger charge is -2.08. The Morgan fingerprint density at radius 3 is 2.66 bits per heavy atom. The molecule has 0 radical (unpaired) electrons. The van der Waals surface area contributed by atoms with Crippen molar-refractivity contribution < 1.29 is 22.0 Å². The molecule has 3 heterocycles. The first-order chi connectivity index (χ1) is 13.7. The van der Waals surface area contributed by atoms with Crippen LogP contribution in [0.3, 0.4) is 0 Å². The Morgan fingerprint density at radius 1 is 1.10 bits per heavy atom. The molecular weight excluding hydrogens is 417 g/mol. The van der Waals surface area contributed by atoms with Gasteiger partial charge in [0, 0.05) is 5.56 Å². The van der Waals surface area contributed by atoms with Gasteiger partial charge >= 0.3 is 6.18 Å². The van der Waals surface area contributed by atoms with E-state index in [0.29, 0.717) is 22.3 Å². The van der Waals surface area contributed by atoms with E-state index in [-0.39, 0.29) is 27.9 Å². The van der Waals surface area contributed by atoms with Gasteiger partial charge in [-0.25, -0.2) is 4.98 Å². The summed E-state index contributed by atoms with van der Waals surface area (Å²) in [5.41, 5.74) is 1.86. The van der Waals surface area contributed by atoms with E-state index >= 15 is 0 Å². The predicted molar refractivity (Wildman–Crippen MR) is 93.8 cm³/mol. The van der Waals surface area contributed by atoms with E-state index in [1.165, 1.54) is 12.1 Å². The Hall–Kier alpha value is -2.75. The maximum atomic E-state index is 13.9. The number of nitrogens with zero attached hydrogens (tertiary/aromatic N) is 5. The highest BCUT2D eigenvalue weighted by Gasteiger charge is 2.42. The van der Waals surface area contributed by atoms with Gasteiger partial charge < -0.3 is 0 Å². The van der Waals surface area contributed by atoms with E-state index in [4.69, 9.17) is 11.6 Å². The molecule has 0 amide bonds. The molecule has 2 unspecified atom stereocenters. The van der Waals surface area contributed by atoms with Crippen LogP contribution in [0.1, 0.15) is 29.4 Å². The van der Waals surface area contributed by atoms with E-state index in [1.54, 1.807) is 12.1 Å². The van der Waals surface area contributed by atoms with Crippen molar-refractivity contribution in [3.8, 4) is 0 Å². The Labute approximate surface area is 164 Å². The minimum absolute atomic E-state index is 0.0277. The molecule has 1 saturated carbocycles. The normalized spacial score (nSPS) is 19.4. The molecule has 1 aromatic carbocycles. The lowest BCUT2D eigenvalue weighted by Crippen LogP contribution is -2.18. The van der Waals surface area contributed by atoms with Crippen LogP contribution in [0.25, 0.3) is 16.6 Å². The molecule has 1 fully saturated rings. The second-order valence-corrected chi connectivity index (χ2v) is 7.41. The minimum atomic E-state index is -4.52. The summed E-state index contributed by atoms with van der Waals surface area (Å²) in [4.78, 5) is 4.03. The van der Waals surface area contributed by atoms with Gasteiger partial charge in [-0.1, -0.05) is 17.7 Å². The molecule has 0 bridgehead atoms. The fourth-order valence-corrected chi connectivity index (χ4v) is 3.98. The largest absolute Gasteiger partial charge is 0.408 e. The number of benzene rings is 1. The first-order valence-electron chi connectivity index (χ1n) is 8.63. The summed E-state index contributed by atoms with van der Waals surface area (Å²) in [6.45, 7) is -1.38. The van der Waals surface area contributed by atoms with Crippen LogP contribution >= 0.6 is 11.6 Å². The van der Waals surface area contributed by atoms with E-state index in [1.807, 2.05) is 0 Å². The van der Waals surface area contributed by atoms with Crippen molar-refractivity contribution in [3.63, 3.8) is 0 Å². The highest BCUT2D eigenvalue weighted by Crippen LogP contribution is 2.56. The number of rotatable bonds is 3. The second kappa shape index (κ2) is 6.12. The van der Waals surface area contributed by atoms with E-state index in [9.17, 15) is 22.0 Å². The zero-order valence-corrected chi connectivity index (χ0v) is 15.2. The van der Waals surface area contributed by atoms with E-state index in [0.717, 1.165) is 16.3 Å². The summed E-state index contributed by atoms with van der Waals surface area (Å²) in [7, 11) is 0. The molecule has 5 nitrogen and oxygen atoms in total. The lowest BCUT2D eigenvalue weighted by atomic mass is 10.0. The van der Waals surface area contributed by atoms with Crippen LogP contribution in [0.4, 0.5) is 22.0 Å². The molecule has 11 heteroatoms. The fraction of sp³-hybridized carbons (Fsp3) is 0.278. The second-order valence-electron chi connectivity index (χ2n) is 7.03. The van der Waals surface area contributed by atoms with Crippen molar-refractivity contribution in [2.24, 2.45) is 0 Å². The fourth-order valence-electron chi connectivity index (χ4n) is 3.79. The van der Waals surface area contributed by atoms with Crippen LogP contribution in [0, 0.1) is 11.9 Å². The highest BCUT2D eigenvalue weighted by molar-refractivity contribution is 6.29. The molecule has 0 aliphatic heterocycles. The number of hydrogen-bond acceptors (Lipinski definition) is 3. The van der Waals surface area contributed by atoms with Crippen molar-refractivity contribution in [1.82, 2.24) is 24.4 Å². The summed E-state index contributed by atoms with van der Waals surface area (Å²) in [6, 6.07) is 6.23. The maximum absolute atomic E-state index is 13.9. The van der Waals surface area contributed by atoms with Crippen molar-refractivity contribution in [2.75, 3.05) is 0 Å². The van der Waals surface area contributed by atoms with Gasteiger partial charge in [0.25, 0.3) is 0 Å². The topological polar surface area (TPSA) is 48.0 Å². The summed E-state index contributed by atoms with van der Waals surface area (Å²) in [5, 5.41) is 7.39. The van der Waals surface area contributed by atoms with E-state index < -0.39 is 24.6 Å². The molecule has 29 heavy (non-hydrogen) atoms. The third kappa shape index (κ3) is 3.11. The van der Waals surface area contributed by atoms with Crippen LogP contribution in [0.5, 0.6) is 0 Å². The average Bonchev–Trinajstić information content (AvgIpc) is 3.28. The lowest BCUT2D eigenvalue weighted by molar-refractivity contribution is -0.142. The number of imidazole rings is 1. The van der Waals surface area contributed by atoms with Gasteiger partial charge in [-0.15, -0.1) is 5.10 Å². The zero-order valence-electron chi connectivity index (χ0n) is 14.5. The monoisotopic (exact) mass is 427 g/mol. The Morgan fingerprint density at radius 2 is 1.90 bits per heavy atom. The SMILES string of the molecule is Fc1nn(CC(F)(F)F)c2cc(C3CC3c3cc(Cl)nn4c(F)cnc34)ccc12. The van der Waals surface area contributed by atoms with Gasteiger partial charge in [0.1, 0.15) is 6.54 Å². The Balaban J connectivity index is 1.53. The molecule has 0 saturated heterocycles. The van der Waals surface area contributed by atoms with Gasteiger partial charge in [0.05, 0.1) is 17.1 Å². The molecule has 0 spiro atoms. The number of fused-ring (bicyclic) bond motifs is 2. The zero-order chi connectivity index (χ0) is 20.5. The van der Waals surface area contributed by atoms with Gasteiger partial charge in [-0.05, 0) is 42.0 Å². The van der Waals surface area contributed by atoms with Crippen molar-refractivity contribution in [2.45, 2.75) is 31.0 Å². The number of halogens is 6. The summed E-state index contributed by atoms with van der Waals surface area (Å²) in [6.07, 6.45) is -2.80. The minimum Gasteiger partial charge on any atom is -0.253 e. The van der Waals surface area contributed by atoms with E-state index in [2.05, 4.69) is 15.2 Å². The number of hydrogen-bond donors (Lipinski definition) is 0. The Kier molecular flexibility index (Phi) is 3.86.